The van der Waals surface area contributed by atoms with Gasteiger partial charge in [-0.3, -0.25) is 9.69 Å². The minimum atomic E-state index is -0.0149. The Hall–Kier alpha value is -1.43. The first kappa shape index (κ1) is 16.4. The lowest BCUT2D eigenvalue weighted by Gasteiger charge is -2.36. The Labute approximate surface area is 138 Å². The van der Waals surface area contributed by atoms with Gasteiger partial charge in [-0.1, -0.05) is 18.0 Å². The van der Waals surface area contributed by atoms with E-state index in [1.165, 1.54) is 25.7 Å². The molecule has 0 spiro atoms. The number of carbonyl (C=O) groups excluding carboxylic acids is 1. The molecule has 3 rings (SSSR count). The molecule has 0 radical (unpaired) electrons. The van der Waals surface area contributed by atoms with Crippen LogP contribution in [0.25, 0.3) is 0 Å². The SMILES string of the molecule is Cc1nc(C2CCCN(C(=O)C(C)N3CCCCCC3)C2)no1. The fourth-order valence-corrected chi connectivity index (χ4v) is 3.77. The van der Waals surface area contributed by atoms with Crippen molar-refractivity contribution in [3.8, 4) is 0 Å². The number of aromatic nitrogens is 2. The first-order valence-electron chi connectivity index (χ1n) is 8.98. The highest BCUT2D eigenvalue weighted by Gasteiger charge is 2.32. The smallest absolute Gasteiger partial charge is 0.239 e. The number of amides is 1. The molecular weight excluding hydrogens is 292 g/mol. The van der Waals surface area contributed by atoms with Gasteiger partial charge in [-0.2, -0.15) is 4.98 Å². The highest BCUT2D eigenvalue weighted by atomic mass is 16.5. The van der Waals surface area contributed by atoms with Crippen molar-refractivity contribution in [1.29, 1.82) is 0 Å². The van der Waals surface area contributed by atoms with Crippen molar-refractivity contribution < 1.29 is 9.32 Å². The molecular formula is C17H28N4O2. The molecule has 0 aromatic carbocycles. The molecule has 128 valence electrons. The summed E-state index contributed by atoms with van der Waals surface area (Å²) >= 11 is 0. The van der Waals surface area contributed by atoms with Crippen molar-refractivity contribution in [2.45, 2.75) is 64.3 Å². The van der Waals surface area contributed by atoms with Crippen LogP contribution in [0.3, 0.4) is 0 Å². The zero-order chi connectivity index (χ0) is 16.2. The standard InChI is InChI=1S/C17H28N4O2/c1-13(20-9-5-3-4-6-10-20)17(22)21-11-7-8-15(12-21)16-18-14(2)23-19-16/h13,15H,3-12H2,1-2H3. The average Bonchev–Trinajstić information content (AvgIpc) is 2.84. The van der Waals surface area contributed by atoms with Crippen LogP contribution < -0.4 is 0 Å². The Morgan fingerprint density at radius 3 is 2.57 bits per heavy atom. The third-order valence-corrected chi connectivity index (χ3v) is 5.19. The predicted octanol–water partition coefficient (Wildman–Crippen LogP) is 2.35. The number of piperidine rings is 1. The Balaban J connectivity index is 1.61. The van der Waals surface area contributed by atoms with Crippen molar-refractivity contribution in [1.82, 2.24) is 19.9 Å². The van der Waals surface area contributed by atoms with Crippen molar-refractivity contribution in [2.75, 3.05) is 26.2 Å². The summed E-state index contributed by atoms with van der Waals surface area (Å²) in [6.45, 7) is 7.54. The summed E-state index contributed by atoms with van der Waals surface area (Å²) in [6, 6.07) is -0.0149. The monoisotopic (exact) mass is 320 g/mol. The van der Waals surface area contributed by atoms with E-state index in [0.717, 1.165) is 44.8 Å². The van der Waals surface area contributed by atoms with Gasteiger partial charge in [0.05, 0.1) is 6.04 Å². The first-order chi connectivity index (χ1) is 11.1. The number of nitrogens with zero attached hydrogens (tertiary/aromatic N) is 4. The number of hydrogen-bond acceptors (Lipinski definition) is 5. The normalized spacial score (nSPS) is 25.1. The lowest BCUT2D eigenvalue weighted by Crippen LogP contribution is -2.50. The molecule has 6 nitrogen and oxygen atoms in total. The predicted molar refractivity (Wildman–Crippen MR) is 87.1 cm³/mol. The second-order valence-electron chi connectivity index (χ2n) is 6.92. The lowest BCUT2D eigenvalue weighted by molar-refractivity contribution is -0.137. The van der Waals surface area contributed by atoms with Gasteiger partial charge in [0, 0.05) is 25.9 Å². The van der Waals surface area contributed by atoms with Crippen molar-refractivity contribution >= 4 is 5.91 Å². The van der Waals surface area contributed by atoms with Crippen LogP contribution in [-0.4, -0.2) is 58.1 Å². The van der Waals surface area contributed by atoms with Gasteiger partial charge in [0.15, 0.2) is 5.82 Å². The summed E-state index contributed by atoms with van der Waals surface area (Å²) < 4.78 is 5.10. The number of rotatable bonds is 3. The second-order valence-corrected chi connectivity index (χ2v) is 6.92. The molecule has 0 saturated carbocycles. The van der Waals surface area contributed by atoms with Crippen LogP contribution in [0.15, 0.2) is 4.52 Å². The maximum Gasteiger partial charge on any atom is 0.239 e. The Morgan fingerprint density at radius 1 is 1.17 bits per heavy atom. The van der Waals surface area contributed by atoms with Gasteiger partial charge in [0.2, 0.25) is 11.8 Å². The summed E-state index contributed by atoms with van der Waals surface area (Å²) in [5.74, 6) is 1.82. The van der Waals surface area contributed by atoms with E-state index in [0.29, 0.717) is 5.89 Å². The summed E-state index contributed by atoms with van der Waals surface area (Å²) in [6.07, 6.45) is 7.04. The van der Waals surface area contributed by atoms with Crippen molar-refractivity contribution in [2.24, 2.45) is 0 Å². The quantitative estimate of drug-likeness (QED) is 0.855. The molecule has 2 aliphatic rings. The summed E-state index contributed by atoms with van der Waals surface area (Å²) in [5.41, 5.74) is 0. The molecule has 6 heteroatoms. The van der Waals surface area contributed by atoms with E-state index in [9.17, 15) is 4.79 Å². The van der Waals surface area contributed by atoms with E-state index >= 15 is 0 Å². The molecule has 1 aromatic rings. The zero-order valence-corrected chi connectivity index (χ0v) is 14.3. The van der Waals surface area contributed by atoms with E-state index in [1.807, 2.05) is 11.8 Å². The molecule has 2 unspecified atom stereocenters. The van der Waals surface area contributed by atoms with Crippen LogP contribution in [0, 0.1) is 6.92 Å². The van der Waals surface area contributed by atoms with Crippen molar-refractivity contribution in [3.63, 3.8) is 0 Å². The highest BCUT2D eigenvalue weighted by Crippen LogP contribution is 2.26. The number of likely N-dealkylation sites (tertiary alicyclic amines) is 2. The molecule has 0 N–H and O–H groups in total. The Morgan fingerprint density at radius 2 is 1.91 bits per heavy atom. The molecule has 3 heterocycles. The van der Waals surface area contributed by atoms with Crippen LogP contribution in [-0.2, 0) is 4.79 Å². The van der Waals surface area contributed by atoms with Crippen LogP contribution in [0.4, 0.5) is 0 Å². The van der Waals surface area contributed by atoms with Gasteiger partial charge in [-0.05, 0) is 45.7 Å². The van der Waals surface area contributed by atoms with Crippen LogP contribution in [0.1, 0.15) is 63.1 Å². The summed E-state index contributed by atoms with van der Waals surface area (Å²) in [5, 5.41) is 4.05. The second kappa shape index (κ2) is 7.43. The molecule has 0 aliphatic carbocycles. The third kappa shape index (κ3) is 3.91. The van der Waals surface area contributed by atoms with E-state index in [1.54, 1.807) is 0 Å². The van der Waals surface area contributed by atoms with E-state index in [4.69, 9.17) is 4.52 Å². The van der Waals surface area contributed by atoms with Gasteiger partial charge in [-0.15, -0.1) is 0 Å². The maximum absolute atomic E-state index is 12.9. The van der Waals surface area contributed by atoms with E-state index < -0.39 is 0 Å². The number of hydrogen-bond donors (Lipinski definition) is 0. The molecule has 1 amide bonds. The fraction of sp³-hybridized carbons (Fsp3) is 0.824. The van der Waals surface area contributed by atoms with Crippen LogP contribution >= 0.6 is 0 Å². The largest absolute Gasteiger partial charge is 0.341 e. The minimum Gasteiger partial charge on any atom is -0.341 e. The summed E-state index contributed by atoms with van der Waals surface area (Å²) in [7, 11) is 0. The molecule has 2 saturated heterocycles. The molecule has 23 heavy (non-hydrogen) atoms. The van der Waals surface area contributed by atoms with Gasteiger partial charge >= 0.3 is 0 Å². The van der Waals surface area contributed by atoms with Gasteiger partial charge in [-0.25, -0.2) is 0 Å². The van der Waals surface area contributed by atoms with Crippen molar-refractivity contribution in [3.05, 3.63) is 11.7 Å². The third-order valence-electron chi connectivity index (χ3n) is 5.19. The number of aryl methyl sites for hydroxylation is 1. The van der Waals surface area contributed by atoms with Gasteiger partial charge in [0.1, 0.15) is 0 Å². The maximum atomic E-state index is 12.9. The lowest BCUT2D eigenvalue weighted by atomic mass is 9.96. The molecule has 2 fully saturated rings. The first-order valence-corrected chi connectivity index (χ1v) is 8.98. The minimum absolute atomic E-state index is 0.0149. The van der Waals surface area contributed by atoms with Crippen LogP contribution in [0.5, 0.6) is 0 Å². The summed E-state index contributed by atoms with van der Waals surface area (Å²) in [4.78, 5) is 21.6. The molecule has 2 aliphatic heterocycles. The van der Waals surface area contributed by atoms with Gasteiger partial charge in [0.25, 0.3) is 0 Å². The Bertz CT molecular complexity index is 522. The molecule has 0 bridgehead atoms. The highest BCUT2D eigenvalue weighted by molar-refractivity contribution is 5.81. The van der Waals surface area contributed by atoms with Crippen LogP contribution in [0.2, 0.25) is 0 Å². The number of carbonyl (C=O) groups is 1. The Kier molecular flexibility index (Phi) is 5.30. The van der Waals surface area contributed by atoms with Gasteiger partial charge < -0.3 is 9.42 Å². The molecule has 1 aromatic heterocycles. The molecule has 2 atom stereocenters. The van der Waals surface area contributed by atoms with E-state index in [2.05, 4.69) is 22.0 Å². The van der Waals surface area contributed by atoms with E-state index in [-0.39, 0.29) is 17.9 Å². The topological polar surface area (TPSA) is 62.5 Å². The average molecular weight is 320 g/mol. The zero-order valence-electron chi connectivity index (χ0n) is 14.3. The fourth-order valence-electron chi connectivity index (χ4n) is 3.77.